The Balaban J connectivity index is 1.62. The van der Waals surface area contributed by atoms with E-state index >= 15 is 0 Å². The van der Waals surface area contributed by atoms with Gasteiger partial charge in [0.25, 0.3) is 5.60 Å². The third kappa shape index (κ3) is 4.35. The summed E-state index contributed by atoms with van der Waals surface area (Å²) >= 11 is 1.99. The van der Waals surface area contributed by atoms with Crippen LogP contribution in [0, 0.1) is 12.3 Å². The number of hydrogen-bond donors (Lipinski definition) is 1. The molecule has 4 rings (SSSR count). The van der Waals surface area contributed by atoms with Crippen molar-refractivity contribution in [2.75, 3.05) is 24.6 Å². The van der Waals surface area contributed by atoms with Gasteiger partial charge in [-0.3, -0.25) is 4.90 Å². The van der Waals surface area contributed by atoms with E-state index in [-0.39, 0.29) is 5.56 Å². The Hall–Kier alpha value is -1.71. The highest BCUT2D eigenvalue weighted by atomic mass is 32.2. The number of nitrogens with zero attached hydrogens (tertiary/aromatic N) is 1. The molecule has 186 valence electrons. The summed E-state index contributed by atoms with van der Waals surface area (Å²) in [7, 11) is 0. The van der Waals surface area contributed by atoms with Crippen molar-refractivity contribution in [3.05, 3.63) is 58.7 Å². The highest BCUT2D eigenvalue weighted by Gasteiger charge is 2.71. The predicted molar refractivity (Wildman–Crippen MR) is 122 cm³/mol. The van der Waals surface area contributed by atoms with Crippen molar-refractivity contribution in [3.8, 4) is 11.1 Å². The lowest BCUT2D eigenvalue weighted by Gasteiger charge is -2.37. The number of aryl methyl sites for hydroxylation is 2. The Kier molecular flexibility index (Phi) is 6.53. The van der Waals surface area contributed by atoms with Gasteiger partial charge < -0.3 is 5.11 Å². The minimum absolute atomic E-state index is 0.232. The molecule has 0 unspecified atom stereocenters. The lowest BCUT2D eigenvalue weighted by molar-refractivity contribution is -0.376. The van der Waals surface area contributed by atoms with Gasteiger partial charge in [0.05, 0.1) is 0 Å². The summed E-state index contributed by atoms with van der Waals surface area (Å²) in [6.45, 7) is 6.40. The zero-order valence-electron chi connectivity index (χ0n) is 19.0. The van der Waals surface area contributed by atoms with Crippen molar-refractivity contribution in [1.29, 1.82) is 0 Å². The Morgan fingerprint density at radius 3 is 2.12 bits per heavy atom. The normalized spacial score (nSPS) is 19.0. The molecule has 0 aromatic heterocycles. The van der Waals surface area contributed by atoms with E-state index in [9.17, 15) is 31.4 Å². The molecule has 0 atom stereocenters. The van der Waals surface area contributed by atoms with Crippen molar-refractivity contribution in [2.24, 2.45) is 5.41 Å². The van der Waals surface area contributed by atoms with E-state index in [0.717, 1.165) is 48.5 Å². The minimum atomic E-state index is -5.90. The molecule has 2 fully saturated rings. The predicted octanol–water partition coefficient (Wildman–Crippen LogP) is 6.48. The fraction of sp³-hybridized carbons (Fsp3) is 0.520. The smallest absolute Gasteiger partial charge is 0.369 e. The second kappa shape index (κ2) is 8.75. The van der Waals surface area contributed by atoms with Crippen LogP contribution in [-0.2, 0) is 18.6 Å². The number of halogens is 6. The summed E-state index contributed by atoms with van der Waals surface area (Å²) in [5.41, 5.74) is -2.03. The van der Waals surface area contributed by atoms with Crippen molar-refractivity contribution in [3.63, 3.8) is 0 Å². The molecule has 0 radical (unpaired) electrons. The van der Waals surface area contributed by atoms with Gasteiger partial charge in [0.2, 0.25) is 0 Å². The van der Waals surface area contributed by atoms with Crippen LogP contribution >= 0.6 is 11.8 Å². The van der Waals surface area contributed by atoms with Gasteiger partial charge in [-0.25, -0.2) is 0 Å². The molecule has 0 amide bonds. The zero-order chi connectivity index (χ0) is 24.9. The van der Waals surface area contributed by atoms with Crippen LogP contribution in [0.15, 0.2) is 36.4 Å². The highest BCUT2D eigenvalue weighted by molar-refractivity contribution is 8.00. The number of hydrogen-bond acceptors (Lipinski definition) is 3. The Morgan fingerprint density at radius 2 is 1.62 bits per heavy atom. The molecule has 2 aromatic rings. The number of thioether (sulfide) groups is 1. The number of likely N-dealkylation sites (tertiary alicyclic amines) is 1. The summed E-state index contributed by atoms with van der Waals surface area (Å²) in [5, 5.41) is 9.72. The SMILES string of the molecule is CCc1cc(CN2CCC3(CSC3)C2)ccc1-c1ccc(C(O)(C(F)(F)F)C(F)(F)F)cc1C. The zero-order valence-corrected chi connectivity index (χ0v) is 19.8. The fourth-order valence-corrected chi connectivity index (χ4v) is 6.28. The molecule has 2 heterocycles. The van der Waals surface area contributed by atoms with Gasteiger partial charge >= 0.3 is 12.4 Å². The molecule has 2 saturated heterocycles. The molecular formula is C25H27F6NOS. The van der Waals surface area contributed by atoms with Gasteiger partial charge in [-0.1, -0.05) is 43.3 Å². The average molecular weight is 504 g/mol. The second-order valence-corrected chi connectivity index (χ2v) is 10.5. The number of alkyl halides is 6. The first kappa shape index (κ1) is 25.4. The van der Waals surface area contributed by atoms with Gasteiger partial charge in [-0.15, -0.1) is 0 Å². The first-order valence-electron chi connectivity index (χ1n) is 11.2. The minimum Gasteiger partial charge on any atom is -0.369 e. The molecule has 2 aliphatic rings. The summed E-state index contributed by atoms with van der Waals surface area (Å²) in [6, 6.07) is 8.68. The van der Waals surface area contributed by atoms with Crippen LogP contribution in [0.4, 0.5) is 26.3 Å². The van der Waals surface area contributed by atoms with Gasteiger partial charge in [0, 0.05) is 35.6 Å². The molecule has 0 aliphatic carbocycles. The van der Waals surface area contributed by atoms with E-state index < -0.39 is 23.5 Å². The van der Waals surface area contributed by atoms with Crippen LogP contribution in [0.2, 0.25) is 0 Å². The Bertz CT molecular complexity index is 1050. The standard InChI is InChI=1S/C25H27F6NOS/c1-3-18-11-17(12-32-9-8-22(13-32)14-34-15-22)4-6-21(18)20-7-5-19(10-16(20)2)23(33,24(26,27)28)25(29,30)31/h4-7,10-11,33H,3,8-9,12-15H2,1-2H3. The summed E-state index contributed by atoms with van der Waals surface area (Å²) < 4.78 is 79.6. The maximum absolute atomic E-state index is 13.3. The van der Waals surface area contributed by atoms with Crippen molar-refractivity contribution >= 4 is 11.8 Å². The summed E-state index contributed by atoms with van der Waals surface area (Å²) in [5.74, 6) is 2.44. The first-order valence-corrected chi connectivity index (χ1v) is 12.3. The number of benzene rings is 2. The van der Waals surface area contributed by atoms with E-state index in [1.807, 2.05) is 30.8 Å². The maximum Gasteiger partial charge on any atom is 0.430 e. The molecule has 9 heteroatoms. The number of rotatable bonds is 5. The fourth-order valence-electron chi connectivity index (χ4n) is 5.03. The summed E-state index contributed by atoms with van der Waals surface area (Å²) in [4.78, 5) is 2.45. The van der Waals surface area contributed by atoms with Gasteiger partial charge in [0.1, 0.15) is 0 Å². The van der Waals surface area contributed by atoms with Crippen LogP contribution < -0.4 is 0 Å². The summed E-state index contributed by atoms with van der Waals surface area (Å²) in [6.07, 6.45) is -9.92. The highest BCUT2D eigenvalue weighted by Crippen LogP contribution is 2.50. The quantitative estimate of drug-likeness (QED) is 0.473. The van der Waals surface area contributed by atoms with E-state index in [0.29, 0.717) is 17.4 Å². The van der Waals surface area contributed by atoms with Crippen molar-refractivity contribution in [1.82, 2.24) is 4.90 Å². The Morgan fingerprint density at radius 1 is 0.971 bits per heavy atom. The lowest BCUT2D eigenvalue weighted by Crippen LogP contribution is -2.53. The molecule has 0 bridgehead atoms. The van der Waals surface area contributed by atoms with Crippen LogP contribution in [0.25, 0.3) is 11.1 Å². The number of aliphatic hydroxyl groups is 1. The van der Waals surface area contributed by atoms with Crippen LogP contribution in [0.1, 0.15) is 35.6 Å². The Labute approximate surface area is 199 Å². The average Bonchev–Trinajstić information content (AvgIpc) is 3.16. The molecule has 1 spiro atoms. The van der Waals surface area contributed by atoms with E-state index in [1.54, 1.807) is 0 Å². The van der Waals surface area contributed by atoms with Crippen molar-refractivity contribution in [2.45, 2.75) is 51.2 Å². The van der Waals surface area contributed by atoms with Gasteiger partial charge in [0.15, 0.2) is 0 Å². The third-order valence-electron chi connectivity index (χ3n) is 7.05. The molecule has 2 aromatic carbocycles. The monoisotopic (exact) mass is 503 g/mol. The topological polar surface area (TPSA) is 23.5 Å². The molecule has 2 nitrogen and oxygen atoms in total. The van der Waals surface area contributed by atoms with E-state index in [4.69, 9.17) is 0 Å². The first-order chi connectivity index (χ1) is 15.8. The maximum atomic E-state index is 13.3. The van der Waals surface area contributed by atoms with Crippen molar-refractivity contribution < 1.29 is 31.4 Å². The van der Waals surface area contributed by atoms with E-state index in [2.05, 4.69) is 11.0 Å². The second-order valence-electron chi connectivity index (χ2n) is 9.53. The third-order valence-corrected chi connectivity index (χ3v) is 8.68. The molecule has 2 aliphatic heterocycles. The molecule has 34 heavy (non-hydrogen) atoms. The molecule has 1 N–H and O–H groups in total. The van der Waals surface area contributed by atoms with E-state index in [1.165, 1.54) is 30.9 Å². The van der Waals surface area contributed by atoms with Crippen LogP contribution in [0.5, 0.6) is 0 Å². The molecule has 0 saturated carbocycles. The van der Waals surface area contributed by atoms with Gasteiger partial charge in [-0.05, 0) is 54.1 Å². The van der Waals surface area contributed by atoms with Crippen LogP contribution in [0.3, 0.4) is 0 Å². The largest absolute Gasteiger partial charge is 0.430 e. The molecular weight excluding hydrogens is 476 g/mol. The van der Waals surface area contributed by atoms with Crippen LogP contribution in [-0.4, -0.2) is 47.0 Å². The van der Waals surface area contributed by atoms with Gasteiger partial charge in [-0.2, -0.15) is 38.1 Å². The lowest BCUT2D eigenvalue weighted by atomic mass is 9.87.